The number of hydrogen-bond acceptors (Lipinski definition) is 2. The molecular formula is C28H19BrO2. The van der Waals surface area contributed by atoms with Gasteiger partial charge in [-0.15, -0.1) is 0 Å². The van der Waals surface area contributed by atoms with Gasteiger partial charge in [-0.3, -0.25) is 4.79 Å². The summed E-state index contributed by atoms with van der Waals surface area (Å²) < 4.78 is 5.39. The molecule has 0 spiro atoms. The lowest BCUT2D eigenvalue weighted by atomic mass is 9.96. The first kappa shape index (κ1) is 19.5. The highest BCUT2D eigenvalue weighted by Gasteiger charge is 2.17. The van der Waals surface area contributed by atoms with Gasteiger partial charge in [0.2, 0.25) is 0 Å². The number of rotatable bonds is 4. The second-order valence-electron chi connectivity index (χ2n) is 7.44. The van der Waals surface area contributed by atoms with Crippen LogP contribution in [-0.2, 0) is 9.53 Å². The third kappa shape index (κ3) is 3.85. The third-order valence-electron chi connectivity index (χ3n) is 5.51. The molecule has 31 heavy (non-hydrogen) atoms. The summed E-state index contributed by atoms with van der Waals surface area (Å²) in [6, 6.07) is 32.9. The van der Waals surface area contributed by atoms with Gasteiger partial charge in [0, 0.05) is 0 Å². The predicted octanol–water partition coefficient (Wildman–Crippen LogP) is 7.80. The molecule has 5 aromatic carbocycles. The van der Waals surface area contributed by atoms with Crippen LogP contribution in [-0.4, -0.2) is 5.97 Å². The lowest BCUT2D eigenvalue weighted by Gasteiger charge is -2.09. The number of benzene rings is 5. The second kappa shape index (κ2) is 8.37. The van der Waals surface area contributed by atoms with Gasteiger partial charge < -0.3 is 4.74 Å². The predicted molar refractivity (Wildman–Crippen MR) is 132 cm³/mol. The molecule has 1 unspecified atom stereocenters. The summed E-state index contributed by atoms with van der Waals surface area (Å²) in [7, 11) is 0. The molecule has 0 saturated heterocycles. The van der Waals surface area contributed by atoms with E-state index >= 15 is 0 Å². The largest absolute Gasteiger partial charge is 0.433 e. The van der Waals surface area contributed by atoms with Crippen molar-refractivity contribution >= 4 is 60.3 Å². The monoisotopic (exact) mass is 466 g/mol. The summed E-state index contributed by atoms with van der Waals surface area (Å²) >= 11 is 3.42. The number of ether oxygens (including phenoxy) is 1. The van der Waals surface area contributed by atoms with Crippen molar-refractivity contribution in [2.45, 2.75) is 4.83 Å². The summed E-state index contributed by atoms with van der Waals surface area (Å²) in [4.78, 5) is 11.9. The quantitative estimate of drug-likeness (QED) is 0.0887. The van der Waals surface area contributed by atoms with Crippen molar-refractivity contribution < 1.29 is 9.53 Å². The molecular weight excluding hydrogens is 448 g/mol. The van der Waals surface area contributed by atoms with Crippen molar-refractivity contribution in [2.24, 2.45) is 0 Å². The maximum absolute atomic E-state index is 12.4. The molecule has 0 aliphatic rings. The summed E-state index contributed by atoms with van der Waals surface area (Å²) in [5.74, 6) is -0.348. The van der Waals surface area contributed by atoms with Gasteiger partial charge >= 0.3 is 5.97 Å². The number of esters is 1. The Morgan fingerprint density at radius 3 is 2.26 bits per heavy atom. The average Bonchev–Trinajstić information content (AvgIpc) is 2.82. The first-order chi connectivity index (χ1) is 15.2. The van der Waals surface area contributed by atoms with E-state index in [0.717, 1.165) is 16.5 Å². The number of fused-ring (bicyclic) bond motifs is 4. The van der Waals surface area contributed by atoms with E-state index in [4.69, 9.17) is 4.74 Å². The zero-order valence-corrected chi connectivity index (χ0v) is 18.3. The van der Waals surface area contributed by atoms with Gasteiger partial charge in [0.15, 0.2) is 0 Å². The van der Waals surface area contributed by atoms with Gasteiger partial charge in [0.1, 0.15) is 4.83 Å². The molecule has 0 fully saturated rings. The summed E-state index contributed by atoms with van der Waals surface area (Å²) in [6.07, 6.45) is 3.32. The fraction of sp³-hybridized carbons (Fsp3) is 0.0357. The van der Waals surface area contributed by atoms with Crippen LogP contribution in [0.15, 0.2) is 103 Å². The molecule has 1 atom stereocenters. The van der Waals surface area contributed by atoms with Crippen LogP contribution in [0.25, 0.3) is 38.4 Å². The Labute approximate surface area is 188 Å². The zero-order chi connectivity index (χ0) is 21.2. The molecule has 0 heterocycles. The first-order valence-corrected chi connectivity index (χ1v) is 11.0. The Morgan fingerprint density at radius 2 is 1.45 bits per heavy atom. The molecule has 2 nitrogen and oxygen atoms in total. The molecule has 0 amide bonds. The molecule has 0 N–H and O–H groups in total. The fourth-order valence-electron chi connectivity index (χ4n) is 3.94. The molecule has 0 aliphatic carbocycles. The minimum atomic E-state index is -0.497. The highest BCUT2D eigenvalue weighted by atomic mass is 79.9. The number of halogens is 1. The van der Waals surface area contributed by atoms with Crippen LogP contribution in [0, 0.1) is 0 Å². The van der Waals surface area contributed by atoms with Crippen LogP contribution in [0.1, 0.15) is 16.0 Å². The molecule has 3 heteroatoms. The molecule has 0 bridgehead atoms. The Morgan fingerprint density at radius 1 is 0.710 bits per heavy atom. The van der Waals surface area contributed by atoms with Crippen molar-refractivity contribution in [1.82, 2.24) is 0 Å². The van der Waals surface area contributed by atoms with E-state index in [9.17, 15) is 4.79 Å². The number of carbonyl (C=O) groups is 1. The Balaban J connectivity index is 1.46. The molecule has 0 saturated carbocycles. The Hall–Kier alpha value is -3.43. The lowest BCUT2D eigenvalue weighted by molar-refractivity contribution is -0.137. The minimum absolute atomic E-state index is 0.348. The van der Waals surface area contributed by atoms with E-state index in [-0.39, 0.29) is 5.97 Å². The van der Waals surface area contributed by atoms with Crippen LogP contribution < -0.4 is 0 Å². The van der Waals surface area contributed by atoms with Crippen molar-refractivity contribution in [1.29, 1.82) is 0 Å². The van der Waals surface area contributed by atoms with Gasteiger partial charge in [-0.05, 0) is 61.7 Å². The van der Waals surface area contributed by atoms with Crippen LogP contribution in [0.5, 0.6) is 0 Å². The Kier molecular flexibility index (Phi) is 5.27. The van der Waals surface area contributed by atoms with Crippen LogP contribution in [0.2, 0.25) is 0 Å². The van der Waals surface area contributed by atoms with Crippen molar-refractivity contribution in [3.63, 3.8) is 0 Å². The maximum Gasteiger partial charge on any atom is 0.329 e. The average molecular weight is 467 g/mol. The topological polar surface area (TPSA) is 26.3 Å². The number of alkyl halides is 1. The molecule has 0 radical (unpaired) electrons. The van der Waals surface area contributed by atoms with Crippen LogP contribution in [0.3, 0.4) is 0 Å². The number of carbonyl (C=O) groups excluding carboxylic acids is 1. The van der Waals surface area contributed by atoms with Crippen LogP contribution >= 0.6 is 15.9 Å². The highest BCUT2D eigenvalue weighted by molar-refractivity contribution is 9.09. The van der Waals surface area contributed by atoms with Crippen molar-refractivity contribution in [3.8, 4) is 0 Å². The Bertz CT molecular complexity index is 1440. The van der Waals surface area contributed by atoms with E-state index < -0.39 is 4.83 Å². The SMILES string of the molecule is O=C(OC=Cc1cccc2c1ccc1cc3ccccc3cc12)C(Br)c1ccccc1. The van der Waals surface area contributed by atoms with E-state index in [0.29, 0.717) is 0 Å². The van der Waals surface area contributed by atoms with Gasteiger partial charge in [0.25, 0.3) is 0 Å². The van der Waals surface area contributed by atoms with E-state index in [1.54, 1.807) is 0 Å². The van der Waals surface area contributed by atoms with E-state index in [1.807, 2.05) is 48.5 Å². The van der Waals surface area contributed by atoms with Crippen molar-refractivity contribution in [2.75, 3.05) is 0 Å². The smallest absolute Gasteiger partial charge is 0.329 e. The molecule has 0 aliphatic heterocycles. The van der Waals surface area contributed by atoms with Crippen molar-refractivity contribution in [3.05, 3.63) is 114 Å². The minimum Gasteiger partial charge on any atom is -0.433 e. The van der Waals surface area contributed by atoms with E-state index in [1.165, 1.54) is 33.2 Å². The van der Waals surface area contributed by atoms with Gasteiger partial charge in [-0.1, -0.05) is 101 Å². The summed E-state index contributed by atoms with van der Waals surface area (Å²) in [5, 5.41) is 7.19. The highest BCUT2D eigenvalue weighted by Crippen LogP contribution is 2.31. The van der Waals surface area contributed by atoms with Crippen LogP contribution in [0.4, 0.5) is 0 Å². The lowest BCUT2D eigenvalue weighted by Crippen LogP contribution is -2.07. The summed E-state index contributed by atoms with van der Waals surface area (Å²) in [6.45, 7) is 0. The fourth-order valence-corrected chi connectivity index (χ4v) is 4.36. The zero-order valence-electron chi connectivity index (χ0n) is 16.7. The third-order valence-corrected chi connectivity index (χ3v) is 6.41. The van der Waals surface area contributed by atoms with Gasteiger partial charge in [-0.2, -0.15) is 0 Å². The molecule has 5 rings (SSSR count). The molecule has 0 aromatic heterocycles. The molecule has 5 aromatic rings. The van der Waals surface area contributed by atoms with E-state index in [2.05, 4.69) is 70.5 Å². The first-order valence-electron chi connectivity index (χ1n) is 10.1. The molecule has 150 valence electrons. The maximum atomic E-state index is 12.4. The van der Waals surface area contributed by atoms with Gasteiger partial charge in [0.05, 0.1) is 6.26 Å². The summed E-state index contributed by atoms with van der Waals surface area (Å²) in [5.41, 5.74) is 1.87. The second-order valence-corrected chi connectivity index (χ2v) is 8.36. The standard InChI is InChI=1S/C28H19BrO2/c29-27(20-7-2-1-3-8-20)28(30)31-16-15-19-11-6-12-25-24(19)14-13-23-17-21-9-4-5-10-22(21)18-26(23)25/h1-18,27H. The van der Waals surface area contributed by atoms with Gasteiger partial charge in [-0.25, -0.2) is 0 Å². The number of hydrogen-bond donors (Lipinski definition) is 0. The normalized spacial score (nSPS) is 12.5.